The number of halogens is 9. The Morgan fingerprint density at radius 1 is 0.848 bits per heavy atom. The molecule has 4 aliphatic rings. The molecule has 0 heterocycles. The highest BCUT2D eigenvalue weighted by Crippen LogP contribution is 2.76. The van der Waals surface area contributed by atoms with Crippen molar-refractivity contribution < 1.29 is 59.3 Å². The lowest BCUT2D eigenvalue weighted by molar-refractivity contribution is -0.436. The lowest BCUT2D eigenvalue weighted by Gasteiger charge is -2.70. The van der Waals surface area contributed by atoms with Crippen LogP contribution in [0, 0.1) is 16.7 Å². The molecule has 0 amide bonds. The third-order valence-corrected chi connectivity index (χ3v) is 7.85. The van der Waals surface area contributed by atoms with Crippen molar-refractivity contribution in [2.75, 3.05) is 0 Å². The van der Waals surface area contributed by atoms with Crippen LogP contribution < -0.4 is 0 Å². The van der Waals surface area contributed by atoms with Crippen molar-refractivity contribution in [3.8, 4) is 0 Å². The molecule has 2 N–H and O–H groups in total. The SMILES string of the molecule is C=C(C)C(=O)OC12CC3CC(C(C)(O)C(F)(F)F)(C1)CC(C(O)(C(F)(F)F)C(F)(F)F)(C3)C2. The molecule has 33 heavy (non-hydrogen) atoms. The Kier molecular flexibility index (Phi) is 5.38. The molecule has 4 nitrogen and oxygen atoms in total. The zero-order valence-corrected chi connectivity index (χ0v) is 17.6. The van der Waals surface area contributed by atoms with Crippen LogP contribution in [0.15, 0.2) is 12.2 Å². The zero-order valence-electron chi connectivity index (χ0n) is 17.6. The van der Waals surface area contributed by atoms with Gasteiger partial charge in [0.15, 0.2) is 5.60 Å². The smallest absolute Gasteiger partial charge is 0.426 e. The lowest BCUT2D eigenvalue weighted by atomic mass is 9.36. The van der Waals surface area contributed by atoms with Crippen LogP contribution in [0.3, 0.4) is 0 Å². The number of carbonyl (C=O) groups is 1. The molecule has 5 unspecified atom stereocenters. The number of ether oxygens (including phenoxy) is 1. The Balaban J connectivity index is 2.29. The molecule has 0 aromatic heterocycles. The molecule has 4 aliphatic carbocycles. The van der Waals surface area contributed by atoms with Crippen LogP contribution in [0.5, 0.6) is 0 Å². The predicted octanol–water partition coefficient (Wildman–Crippen LogP) is 4.98. The third-order valence-electron chi connectivity index (χ3n) is 7.85. The molecule has 0 aliphatic heterocycles. The Hall–Kier alpha value is -1.50. The molecule has 4 saturated carbocycles. The van der Waals surface area contributed by atoms with E-state index in [4.69, 9.17) is 4.74 Å². The maximum atomic E-state index is 13.9. The molecule has 4 rings (SSSR count). The normalized spacial score (nSPS) is 36.5. The van der Waals surface area contributed by atoms with Crippen LogP contribution in [0.1, 0.15) is 52.4 Å². The second-order valence-corrected chi connectivity index (χ2v) is 10.2. The first-order valence-electron chi connectivity index (χ1n) is 10.0. The summed E-state index contributed by atoms with van der Waals surface area (Å²) in [5.74, 6) is -2.40. The van der Waals surface area contributed by atoms with E-state index in [9.17, 15) is 54.5 Å². The van der Waals surface area contributed by atoms with Gasteiger partial charge in [-0.3, -0.25) is 0 Å². The molecule has 0 aromatic carbocycles. The molecule has 0 aromatic rings. The molecular formula is C20H23F9O4. The van der Waals surface area contributed by atoms with E-state index in [1.165, 1.54) is 0 Å². The summed E-state index contributed by atoms with van der Waals surface area (Å²) in [4.78, 5) is 12.2. The minimum absolute atomic E-state index is 0.265. The van der Waals surface area contributed by atoms with E-state index in [0.29, 0.717) is 6.92 Å². The van der Waals surface area contributed by atoms with Gasteiger partial charge in [-0.15, -0.1) is 0 Å². The molecule has 0 spiro atoms. The molecule has 190 valence electrons. The van der Waals surface area contributed by atoms with Crippen molar-refractivity contribution in [1.82, 2.24) is 0 Å². The van der Waals surface area contributed by atoms with Crippen molar-refractivity contribution >= 4 is 5.97 Å². The number of carbonyl (C=O) groups excluding carboxylic acids is 1. The van der Waals surface area contributed by atoms with Crippen molar-refractivity contribution in [1.29, 1.82) is 0 Å². The summed E-state index contributed by atoms with van der Waals surface area (Å²) in [5, 5.41) is 20.9. The number of alkyl halides is 9. The van der Waals surface area contributed by atoms with Crippen LogP contribution in [0.4, 0.5) is 39.5 Å². The summed E-state index contributed by atoms with van der Waals surface area (Å²) in [7, 11) is 0. The highest BCUT2D eigenvalue weighted by molar-refractivity contribution is 5.87. The quantitative estimate of drug-likeness (QED) is 0.326. The summed E-state index contributed by atoms with van der Waals surface area (Å²) in [5.41, 5.74) is -17.3. The van der Waals surface area contributed by atoms with Crippen molar-refractivity contribution in [3.63, 3.8) is 0 Å². The summed E-state index contributed by atoms with van der Waals surface area (Å²) >= 11 is 0. The molecule has 0 radical (unpaired) electrons. The van der Waals surface area contributed by atoms with Gasteiger partial charge in [0, 0.05) is 16.4 Å². The number of aliphatic hydroxyl groups is 2. The topological polar surface area (TPSA) is 66.8 Å². The summed E-state index contributed by atoms with van der Waals surface area (Å²) < 4.78 is 130. The number of rotatable bonds is 4. The first-order chi connectivity index (χ1) is 14.5. The van der Waals surface area contributed by atoms with Crippen LogP contribution in [0.2, 0.25) is 0 Å². The Bertz CT molecular complexity index is 845. The largest absolute Gasteiger partial charge is 0.456 e. The maximum Gasteiger partial charge on any atom is 0.426 e. The monoisotopic (exact) mass is 498 g/mol. The lowest BCUT2D eigenvalue weighted by Crippen LogP contribution is -2.78. The maximum absolute atomic E-state index is 13.9. The number of hydrogen-bond acceptors (Lipinski definition) is 4. The highest BCUT2D eigenvalue weighted by atomic mass is 19.4. The predicted molar refractivity (Wildman–Crippen MR) is 93.4 cm³/mol. The Labute approximate surface area is 182 Å². The van der Waals surface area contributed by atoms with Gasteiger partial charge in [0.1, 0.15) is 5.60 Å². The molecule has 5 atom stereocenters. The van der Waals surface area contributed by atoms with Gasteiger partial charge in [0.25, 0.3) is 5.60 Å². The molecule has 4 bridgehead atoms. The average Bonchev–Trinajstić information content (AvgIpc) is 2.56. The van der Waals surface area contributed by atoms with Gasteiger partial charge in [-0.1, -0.05) is 6.58 Å². The summed E-state index contributed by atoms with van der Waals surface area (Å²) in [6.07, 6.45) is -23.2. The summed E-state index contributed by atoms with van der Waals surface area (Å²) in [6, 6.07) is 0. The van der Waals surface area contributed by atoms with Crippen molar-refractivity contribution in [2.45, 2.75) is 87.7 Å². The van der Waals surface area contributed by atoms with Gasteiger partial charge in [-0.05, 0) is 58.3 Å². The first kappa shape index (κ1) is 26.1. The molecule has 13 heteroatoms. The van der Waals surface area contributed by atoms with E-state index in [-0.39, 0.29) is 12.0 Å². The fourth-order valence-electron chi connectivity index (χ4n) is 6.76. The van der Waals surface area contributed by atoms with Gasteiger partial charge in [0.05, 0.1) is 0 Å². The Morgan fingerprint density at radius 2 is 1.30 bits per heavy atom. The van der Waals surface area contributed by atoms with E-state index >= 15 is 0 Å². The molecular weight excluding hydrogens is 475 g/mol. The van der Waals surface area contributed by atoms with Crippen molar-refractivity contribution in [2.24, 2.45) is 16.7 Å². The number of hydrogen-bond donors (Lipinski definition) is 2. The van der Waals surface area contributed by atoms with Gasteiger partial charge < -0.3 is 14.9 Å². The minimum Gasteiger partial charge on any atom is -0.456 e. The fraction of sp³-hybridized carbons (Fsp3) is 0.850. The molecule has 4 fully saturated rings. The van der Waals surface area contributed by atoms with E-state index in [2.05, 4.69) is 6.58 Å². The van der Waals surface area contributed by atoms with E-state index < -0.39 is 90.2 Å². The van der Waals surface area contributed by atoms with E-state index in [1.54, 1.807) is 0 Å². The molecule has 0 saturated heterocycles. The fourth-order valence-corrected chi connectivity index (χ4v) is 6.76. The van der Waals surface area contributed by atoms with E-state index in [1.807, 2.05) is 0 Å². The van der Waals surface area contributed by atoms with Crippen LogP contribution >= 0.6 is 0 Å². The van der Waals surface area contributed by atoms with Crippen LogP contribution in [-0.2, 0) is 9.53 Å². The van der Waals surface area contributed by atoms with Gasteiger partial charge in [-0.2, -0.15) is 39.5 Å². The minimum atomic E-state index is -6.30. The number of esters is 1. The standard InChI is InChI=1S/C20H23F9O4/c1-10(2)12(30)33-16-6-11-4-14(8-16,13(3,31)18(21,22)23)7-15(5-11,9-16)17(32,19(24,25)26)20(27,28)29/h11,31-32H,1,4-9H2,2-3H3. The highest BCUT2D eigenvalue weighted by Gasteiger charge is 2.86. The van der Waals surface area contributed by atoms with Gasteiger partial charge in [-0.25, -0.2) is 4.79 Å². The van der Waals surface area contributed by atoms with Gasteiger partial charge >= 0.3 is 24.5 Å². The van der Waals surface area contributed by atoms with Crippen LogP contribution in [0.25, 0.3) is 0 Å². The Morgan fingerprint density at radius 3 is 1.73 bits per heavy atom. The van der Waals surface area contributed by atoms with E-state index in [0.717, 1.165) is 6.92 Å². The van der Waals surface area contributed by atoms with Crippen LogP contribution in [-0.4, -0.2) is 51.5 Å². The van der Waals surface area contributed by atoms with Crippen molar-refractivity contribution in [3.05, 3.63) is 12.2 Å². The summed E-state index contributed by atoms with van der Waals surface area (Å²) in [6.45, 7) is 4.74. The first-order valence-corrected chi connectivity index (χ1v) is 10.0. The third kappa shape index (κ3) is 3.39. The average molecular weight is 498 g/mol. The second kappa shape index (κ2) is 6.79. The second-order valence-electron chi connectivity index (χ2n) is 10.2. The van der Waals surface area contributed by atoms with Gasteiger partial charge in [0.2, 0.25) is 0 Å². The zero-order chi connectivity index (χ0) is 25.7.